The fraction of sp³-hybridized carbons (Fsp3) is 0.538. The van der Waals surface area contributed by atoms with Crippen LogP contribution >= 0.6 is 22.6 Å². The minimum Gasteiger partial charge on any atom is -0.394 e. The summed E-state index contributed by atoms with van der Waals surface area (Å²) in [6.45, 7) is 0.617. The van der Waals surface area contributed by atoms with Gasteiger partial charge >= 0.3 is 0 Å². The second kappa shape index (κ2) is 6.68. The zero-order valence-corrected chi connectivity index (χ0v) is 11.7. The van der Waals surface area contributed by atoms with Gasteiger partial charge in [-0.15, -0.1) is 0 Å². The molecular weight excluding hydrogens is 331 g/mol. The maximum Gasteiger partial charge on any atom is 0.107 e. The van der Waals surface area contributed by atoms with Crippen LogP contribution in [0.2, 0.25) is 0 Å². The van der Waals surface area contributed by atoms with E-state index < -0.39 is 0 Å². The van der Waals surface area contributed by atoms with Crippen LogP contribution in [-0.4, -0.2) is 34.5 Å². The Bertz CT molecular complexity index is 331. The third-order valence-electron chi connectivity index (χ3n) is 2.94. The lowest BCUT2D eigenvalue weighted by atomic mass is 10.1. The molecule has 2 rings (SSSR count). The minimum absolute atomic E-state index is 0.0139. The molecule has 0 saturated carbocycles. The van der Waals surface area contributed by atoms with Crippen molar-refractivity contribution in [2.24, 2.45) is 0 Å². The summed E-state index contributed by atoms with van der Waals surface area (Å²) in [6, 6.07) is 10.1. The molecule has 0 amide bonds. The summed E-state index contributed by atoms with van der Waals surface area (Å²) in [5.74, 6) is 0. The first-order valence-corrected chi connectivity index (χ1v) is 7.34. The lowest BCUT2D eigenvalue weighted by Gasteiger charge is -2.16. The van der Waals surface area contributed by atoms with Gasteiger partial charge in [0.2, 0.25) is 0 Å². The Balaban J connectivity index is 1.86. The van der Waals surface area contributed by atoms with E-state index in [-0.39, 0.29) is 24.9 Å². The number of rotatable bonds is 5. The van der Waals surface area contributed by atoms with Crippen LogP contribution in [0.25, 0.3) is 0 Å². The Morgan fingerprint density at radius 2 is 2.12 bits per heavy atom. The average Bonchev–Trinajstić information content (AvgIpc) is 2.80. The van der Waals surface area contributed by atoms with Crippen molar-refractivity contribution in [2.75, 3.05) is 11.0 Å². The topological polar surface area (TPSA) is 38.7 Å². The maximum absolute atomic E-state index is 9.24. The fourth-order valence-corrected chi connectivity index (χ4v) is 2.58. The molecule has 1 aromatic carbocycles. The Labute approximate surface area is 115 Å². The smallest absolute Gasteiger partial charge is 0.107 e. The summed E-state index contributed by atoms with van der Waals surface area (Å²) >= 11 is 2.30. The summed E-state index contributed by atoms with van der Waals surface area (Å²) in [7, 11) is 0. The van der Waals surface area contributed by atoms with Crippen molar-refractivity contribution in [1.82, 2.24) is 0 Å². The van der Waals surface area contributed by atoms with Crippen LogP contribution in [0.4, 0.5) is 0 Å². The molecule has 1 heterocycles. The highest BCUT2D eigenvalue weighted by Crippen LogP contribution is 2.25. The van der Waals surface area contributed by atoms with Crippen LogP contribution < -0.4 is 0 Å². The van der Waals surface area contributed by atoms with Crippen LogP contribution in [0.1, 0.15) is 12.0 Å². The van der Waals surface area contributed by atoms with Gasteiger partial charge in [-0.1, -0.05) is 52.9 Å². The lowest BCUT2D eigenvalue weighted by Crippen LogP contribution is -2.27. The van der Waals surface area contributed by atoms with E-state index in [2.05, 4.69) is 22.6 Å². The number of aliphatic hydroxyl groups is 1. The number of hydrogen-bond acceptors (Lipinski definition) is 3. The van der Waals surface area contributed by atoms with E-state index in [1.807, 2.05) is 30.3 Å². The van der Waals surface area contributed by atoms with Crippen molar-refractivity contribution in [1.29, 1.82) is 0 Å². The quantitative estimate of drug-likeness (QED) is 0.655. The van der Waals surface area contributed by atoms with Crippen LogP contribution in [0.3, 0.4) is 0 Å². The predicted molar refractivity (Wildman–Crippen MR) is 74.3 cm³/mol. The molecule has 1 N–H and O–H groups in total. The van der Waals surface area contributed by atoms with Crippen LogP contribution in [0.15, 0.2) is 30.3 Å². The van der Waals surface area contributed by atoms with Gasteiger partial charge in [-0.25, -0.2) is 0 Å². The van der Waals surface area contributed by atoms with Crippen LogP contribution in [0.5, 0.6) is 0 Å². The minimum atomic E-state index is -0.168. The highest BCUT2D eigenvalue weighted by Gasteiger charge is 2.34. The molecule has 3 nitrogen and oxygen atoms in total. The van der Waals surface area contributed by atoms with Gasteiger partial charge in [0, 0.05) is 10.8 Å². The Morgan fingerprint density at radius 3 is 2.76 bits per heavy atom. The average molecular weight is 348 g/mol. The number of alkyl halides is 1. The lowest BCUT2D eigenvalue weighted by molar-refractivity contribution is -0.0486. The van der Waals surface area contributed by atoms with Gasteiger partial charge < -0.3 is 14.6 Å². The summed E-state index contributed by atoms with van der Waals surface area (Å²) in [4.78, 5) is 0. The molecular formula is C13H17IO3. The molecule has 17 heavy (non-hydrogen) atoms. The van der Waals surface area contributed by atoms with Gasteiger partial charge in [-0.05, 0) is 5.56 Å². The van der Waals surface area contributed by atoms with Gasteiger partial charge in [0.05, 0.1) is 25.4 Å². The highest BCUT2D eigenvalue weighted by molar-refractivity contribution is 14.1. The van der Waals surface area contributed by atoms with Gasteiger partial charge in [0.25, 0.3) is 0 Å². The summed E-state index contributed by atoms with van der Waals surface area (Å²) in [5, 5.41) is 9.24. The van der Waals surface area contributed by atoms with Crippen molar-refractivity contribution < 1.29 is 14.6 Å². The van der Waals surface area contributed by atoms with Gasteiger partial charge in [0.1, 0.15) is 6.10 Å². The number of benzene rings is 1. The third kappa shape index (κ3) is 3.64. The molecule has 0 bridgehead atoms. The molecule has 0 radical (unpaired) electrons. The molecule has 1 aliphatic rings. The first-order valence-electron chi connectivity index (χ1n) is 5.81. The molecule has 0 spiro atoms. The van der Waals surface area contributed by atoms with Crippen molar-refractivity contribution in [3.8, 4) is 0 Å². The van der Waals surface area contributed by atoms with Gasteiger partial charge in [-0.2, -0.15) is 0 Å². The Morgan fingerprint density at radius 1 is 1.35 bits per heavy atom. The second-order valence-corrected chi connectivity index (χ2v) is 5.08. The van der Waals surface area contributed by atoms with Gasteiger partial charge in [-0.3, -0.25) is 0 Å². The largest absolute Gasteiger partial charge is 0.394 e. The zero-order chi connectivity index (χ0) is 12.1. The summed E-state index contributed by atoms with van der Waals surface area (Å²) < 4.78 is 12.5. The number of hydrogen-bond donors (Lipinski definition) is 1. The third-order valence-corrected chi connectivity index (χ3v) is 3.92. The monoisotopic (exact) mass is 348 g/mol. The van der Waals surface area contributed by atoms with Crippen LogP contribution in [-0.2, 0) is 16.1 Å². The van der Waals surface area contributed by atoms with E-state index >= 15 is 0 Å². The Kier molecular flexibility index (Phi) is 5.21. The molecule has 1 fully saturated rings. The maximum atomic E-state index is 9.24. The molecule has 94 valence electrons. The second-order valence-electron chi connectivity index (χ2n) is 4.20. The molecule has 1 aromatic rings. The first-order chi connectivity index (χ1) is 8.33. The molecule has 1 saturated heterocycles. The number of aliphatic hydroxyl groups excluding tert-OH is 1. The predicted octanol–water partition coefficient (Wildman–Crippen LogP) is 2.16. The SMILES string of the molecule is OC[C@H]1O[C@H](CI)C[C@@H]1OCc1ccccc1. The number of halogens is 1. The van der Waals surface area contributed by atoms with Crippen molar-refractivity contribution >= 4 is 22.6 Å². The van der Waals surface area contributed by atoms with E-state index in [1.54, 1.807) is 0 Å². The molecule has 1 aliphatic heterocycles. The standard InChI is InChI=1S/C13H17IO3/c14-7-11-6-12(13(8-15)17-11)16-9-10-4-2-1-3-5-10/h1-5,11-13,15H,6-9H2/t11-,12-,13+/m0/s1. The number of ether oxygens (including phenoxy) is 2. The Hall–Kier alpha value is -0.170. The van der Waals surface area contributed by atoms with E-state index in [1.165, 1.54) is 0 Å². The van der Waals surface area contributed by atoms with Crippen LogP contribution in [0, 0.1) is 0 Å². The molecule has 0 aromatic heterocycles. The molecule has 0 aliphatic carbocycles. The zero-order valence-electron chi connectivity index (χ0n) is 9.59. The molecule has 3 atom stereocenters. The summed E-state index contributed by atoms with van der Waals surface area (Å²) in [6.07, 6.45) is 0.938. The highest BCUT2D eigenvalue weighted by atomic mass is 127. The van der Waals surface area contributed by atoms with Crippen molar-refractivity contribution in [3.05, 3.63) is 35.9 Å². The first kappa shape index (κ1) is 13.3. The summed E-state index contributed by atoms with van der Waals surface area (Å²) in [5.41, 5.74) is 1.15. The van der Waals surface area contributed by atoms with E-state index in [0.717, 1.165) is 16.4 Å². The van der Waals surface area contributed by atoms with E-state index in [4.69, 9.17) is 9.47 Å². The molecule has 0 unspecified atom stereocenters. The van der Waals surface area contributed by atoms with E-state index in [0.29, 0.717) is 6.61 Å². The molecule has 4 heteroatoms. The van der Waals surface area contributed by atoms with Gasteiger partial charge in [0.15, 0.2) is 0 Å². The fourth-order valence-electron chi connectivity index (χ4n) is 2.01. The normalized spacial score (nSPS) is 28.5. The van der Waals surface area contributed by atoms with Crippen molar-refractivity contribution in [3.63, 3.8) is 0 Å². The van der Waals surface area contributed by atoms with Crippen molar-refractivity contribution in [2.45, 2.75) is 31.3 Å². The van der Waals surface area contributed by atoms with E-state index in [9.17, 15) is 5.11 Å².